The molecule has 0 aliphatic rings. The molecule has 0 aliphatic heterocycles. The first-order valence-electron chi connectivity index (χ1n) is 14.4. The Balaban J connectivity index is 0.000000261. The molecule has 4 aromatic rings. The van der Waals surface area contributed by atoms with Gasteiger partial charge < -0.3 is 26.2 Å². The van der Waals surface area contributed by atoms with E-state index in [1.165, 1.54) is 24.5 Å². The van der Waals surface area contributed by atoms with Crippen molar-refractivity contribution in [1.82, 2.24) is 25.2 Å². The fraction of sp³-hybridized carbons (Fsp3) is 0.250. The predicted molar refractivity (Wildman–Crippen MR) is 175 cm³/mol. The number of hydrogen-bond donors (Lipinski definition) is 4. The van der Waals surface area contributed by atoms with Crippen LogP contribution in [-0.4, -0.2) is 64.8 Å². The maximum absolute atomic E-state index is 12.6. The molecule has 0 atom stereocenters. The van der Waals surface area contributed by atoms with E-state index in [-0.39, 0.29) is 11.5 Å². The van der Waals surface area contributed by atoms with E-state index in [9.17, 15) is 27.6 Å². The minimum absolute atomic E-state index is 0.0579. The van der Waals surface area contributed by atoms with Crippen molar-refractivity contribution in [3.05, 3.63) is 101 Å². The number of aromatic nitrogens is 3. The van der Waals surface area contributed by atoms with Gasteiger partial charge in [0.1, 0.15) is 5.69 Å². The number of hydrogen-bond acceptors (Lipinski definition) is 8. The van der Waals surface area contributed by atoms with Crippen molar-refractivity contribution in [3.8, 4) is 0 Å². The number of rotatable bonds is 12. The second-order valence-electron chi connectivity index (χ2n) is 10.2. The van der Waals surface area contributed by atoms with Gasteiger partial charge in [-0.3, -0.25) is 14.4 Å². The minimum atomic E-state index is -4.48. The van der Waals surface area contributed by atoms with Gasteiger partial charge in [0.05, 0.1) is 35.5 Å². The quantitative estimate of drug-likeness (QED) is 0.131. The van der Waals surface area contributed by atoms with Gasteiger partial charge in [0, 0.05) is 29.4 Å². The van der Waals surface area contributed by atoms with Gasteiger partial charge in [-0.15, -0.1) is 0 Å². The summed E-state index contributed by atoms with van der Waals surface area (Å²) >= 11 is 5.87. The summed E-state index contributed by atoms with van der Waals surface area (Å²) in [6.45, 7) is 6.26. The fourth-order valence-corrected chi connectivity index (χ4v) is 4.09. The van der Waals surface area contributed by atoms with Crippen molar-refractivity contribution in [2.24, 2.45) is 0 Å². The monoisotopic (exact) mass is 670 g/mol. The van der Waals surface area contributed by atoms with Crippen molar-refractivity contribution in [2.45, 2.75) is 26.4 Å². The van der Waals surface area contributed by atoms with Crippen LogP contribution in [0.5, 0.6) is 0 Å². The first kappa shape index (κ1) is 36.4. The second kappa shape index (κ2) is 17.6. The van der Waals surface area contributed by atoms with Gasteiger partial charge in [0.25, 0.3) is 11.8 Å². The molecular weight excluding hydrogens is 637 g/mol. The third-order valence-corrected chi connectivity index (χ3v) is 6.81. The van der Waals surface area contributed by atoms with Crippen LogP contribution < -0.4 is 21.3 Å². The molecule has 2 heterocycles. The van der Waals surface area contributed by atoms with Crippen LogP contribution in [0.15, 0.2) is 73.2 Å². The number of anilines is 4. The number of likely N-dealkylation sites (N-methyl/N-ethyl adjacent to an activating group) is 1. The van der Waals surface area contributed by atoms with Gasteiger partial charge in [-0.1, -0.05) is 24.6 Å². The molecule has 0 spiro atoms. The van der Waals surface area contributed by atoms with Crippen LogP contribution in [0.25, 0.3) is 0 Å². The van der Waals surface area contributed by atoms with Gasteiger partial charge in [0.15, 0.2) is 0 Å². The van der Waals surface area contributed by atoms with E-state index in [0.717, 1.165) is 37.2 Å². The average Bonchev–Trinajstić information content (AvgIpc) is 3.04. The molecule has 0 radical (unpaired) electrons. The minimum Gasteiger partial charge on any atom is -0.349 e. The summed E-state index contributed by atoms with van der Waals surface area (Å²) in [5.41, 5.74) is 1.82. The number of nitrogens with one attached hydrogen (secondary N) is 4. The molecule has 248 valence electrons. The molecule has 2 aromatic heterocycles. The third-order valence-electron chi connectivity index (χ3n) is 6.38. The number of pyridine rings is 1. The zero-order valence-electron chi connectivity index (χ0n) is 25.9. The van der Waals surface area contributed by atoms with E-state index in [2.05, 4.69) is 48.0 Å². The van der Waals surface area contributed by atoms with Crippen molar-refractivity contribution >= 4 is 52.8 Å². The van der Waals surface area contributed by atoms with E-state index in [1.54, 1.807) is 43.5 Å². The number of halogens is 4. The SMILES string of the molecule is CCCN(C)CCNC(=O)c1ccc(Nc2ncc(NC=O)cn2)cn1.Cc1cc(NC(=O)c2cccc(C(F)(F)F)c2)ccc1Cl. The Morgan fingerprint density at radius 3 is 2.23 bits per heavy atom. The smallest absolute Gasteiger partial charge is 0.349 e. The van der Waals surface area contributed by atoms with E-state index in [1.807, 2.05) is 7.05 Å². The summed E-state index contributed by atoms with van der Waals surface area (Å²) in [6.07, 6.45) is 1.66. The molecule has 0 saturated carbocycles. The molecule has 4 rings (SSSR count). The molecule has 0 aliphatic carbocycles. The molecule has 15 heteroatoms. The Labute approximate surface area is 275 Å². The van der Waals surface area contributed by atoms with Crippen molar-refractivity contribution in [3.63, 3.8) is 0 Å². The van der Waals surface area contributed by atoms with Gasteiger partial charge in [0.2, 0.25) is 12.4 Å². The number of amides is 3. The predicted octanol–water partition coefficient (Wildman–Crippen LogP) is 6.17. The topological polar surface area (TPSA) is 141 Å². The van der Waals surface area contributed by atoms with Crippen molar-refractivity contribution in [2.75, 3.05) is 42.6 Å². The number of aryl methyl sites for hydroxylation is 1. The second-order valence-corrected chi connectivity index (χ2v) is 10.6. The highest BCUT2D eigenvalue weighted by atomic mass is 35.5. The molecular formula is C32H34ClF3N8O3. The molecule has 11 nitrogen and oxygen atoms in total. The molecule has 0 unspecified atom stereocenters. The number of carbonyl (C=O) groups excluding carboxylic acids is 3. The Hall–Kier alpha value is -5.08. The standard InChI is InChI=1S/C17H23N7O2.C15H11ClF3NO/c1-3-7-24(2)8-6-18-16(26)15-5-4-13(9-19-15)23-17-20-10-14(11-21-17)22-12-25;1-9-7-12(5-6-13(9)16)20-14(21)10-3-2-4-11(8-10)15(17,18)19/h4-5,9-12H,3,6-8H2,1-2H3,(H,18,26)(H,22,25)(H,20,21,23);2-8H,1H3,(H,20,21). The van der Waals surface area contributed by atoms with E-state index in [4.69, 9.17) is 11.6 Å². The van der Waals surface area contributed by atoms with Crippen molar-refractivity contribution < 1.29 is 27.6 Å². The summed E-state index contributed by atoms with van der Waals surface area (Å²) in [6, 6.07) is 12.5. The Morgan fingerprint density at radius 1 is 0.915 bits per heavy atom. The highest BCUT2D eigenvalue weighted by molar-refractivity contribution is 6.31. The summed E-state index contributed by atoms with van der Waals surface area (Å²) in [4.78, 5) is 48.8. The normalized spacial score (nSPS) is 10.8. The van der Waals surface area contributed by atoms with Crippen LogP contribution in [0.1, 0.15) is 45.3 Å². The van der Waals surface area contributed by atoms with Crippen molar-refractivity contribution in [1.29, 1.82) is 0 Å². The number of benzene rings is 2. The number of carbonyl (C=O) groups is 3. The summed E-state index contributed by atoms with van der Waals surface area (Å²) in [5, 5.41) is 11.4. The van der Waals surface area contributed by atoms with Gasteiger partial charge >= 0.3 is 6.18 Å². The van der Waals surface area contributed by atoms with Crippen LogP contribution in [0.4, 0.5) is 36.2 Å². The lowest BCUT2D eigenvalue weighted by atomic mass is 10.1. The van der Waals surface area contributed by atoms with Gasteiger partial charge in [-0.2, -0.15) is 13.2 Å². The van der Waals surface area contributed by atoms with Crippen LogP contribution in [0.3, 0.4) is 0 Å². The van der Waals surface area contributed by atoms with E-state index >= 15 is 0 Å². The summed E-state index contributed by atoms with van der Waals surface area (Å²) in [5.74, 6) is -0.454. The highest BCUT2D eigenvalue weighted by Gasteiger charge is 2.30. The summed E-state index contributed by atoms with van der Waals surface area (Å²) < 4.78 is 37.8. The summed E-state index contributed by atoms with van der Waals surface area (Å²) in [7, 11) is 2.03. The van der Waals surface area contributed by atoms with Gasteiger partial charge in [-0.05, 0) is 81.0 Å². The van der Waals surface area contributed by atoms with Crippen LogP contribution >= 0.6 is 11.6 Å². The largest absolute Gasteiger partial charge is 0.416 e. The lowest BCUT2D eigenvalue weighted by Gasteiger charge is -2.15. The van der Waals surface area contributed by atoms with E-state index in [0.29, 0.717) is 46.7 Å². The number of alkyl halides is 3. The molecule has 0 saturated heterocycles. The molecule has 0 bridgehead atoms. The van der Waals surface area contributed by atoms with Gasteiger partial charge in [-0.25, -0.2) is 15.0 Å². The maximum Gasteiger partial charge on any atom is 0.416 e. The Kier molecular flexibility index (Phi) is 13.6. The third kappa shape index (κ3) is 12.0. The zero-order valence-corrected chi connectivity index (χ0v) is 26.6. The van der Waals surface area contributed by atoms with E-state index < -0.39 is 17.6 Å². The molecule has 4 N–H and O–H groups in total. The molecule has 3 amide bonds. The first-order valence-corrected chi connectivity index (χ1v) is 14.7. The Morgan fingerprint density at radius 2 is 1.62 bits per heavy atom. The van der Waals surface area contributed by atoms with Crippen LogP contribution in [0.2, 0.25) is 5.02 Å². The maximum atomic E-state index is 12.6. The molecule has 2 aromatic carbocycles. The van der Waals surface area contributed by atoms with Crippen LogP contribution in [-0.2, 0) is 11.0 Å². The molecule has 47 heavy (non-hydrogen) atoms. The molecule has 0 fully saturated rings. The first-order chi connectivity index (χ1) is 22.4. The average molecular weight is 671 g/mol. The number of nitrogens with zero attached hydrogens (tertiary/aromatic N) is 4. The lowest BCUT2D eigenvalue weighted by molar-refractivity contribution is -0.137. The Bertz CT molecular complexity index is 1640. The fourth-order valence-electron chi connectivity index (χ4n) is 3.97. The van der Waals surface area contributed by atoms with Crippen LogP contribution in [0, 0.1) is 6.92 Å². The highest BCUT2D eigenvalue weighted by Crippen LogP contribution is 2.30. The lowest BCUT2D eigenvalue weighted by Crippen LogP contribution is -2.33. The zero-order chi connectivity index (χ0) is 34.4.